The Morgan fingerprint density at radius 1 is 1.23 bits per heavy atom. The summed E-state index contributed by atoms with van der Waals surface area (Å²) >= 11 is 0. The number of hydrogen-bond donors (Lipinski definition) is 0. The number of carbonyl (C=O) groups is 1. The zero-order valence-corrected chi connectivity index (χ0v) is 13.3. The molecule has 0 radical (unpaired) electrons. The van der Waals surface area contributed by atoms with Gasteiger partial charge in [0.1, 0.15) is 5.75 Å². The summed E-state index contributed by atoms with van der Waals surface area (Å²) in [7, 11) is 0. The summed E-state index contributed by atoms with van der Waals surface area (Å²) in [6, 6.07) is 14.1. The van der Waals surface area contributed by atoms with Crippen LogP contribution in [0, 0.1) is 13.8 Å². The standard InChI is InChI=1S/C19H21NO2/c1-4-20(16-11-13(2)9-10-14(16)3)19(21)18-12-15-7-5-6-8-17(15)22-18/h5-11,18H,4,12H2,1-3H3. The quantitative estimate of drug-likeness (QED) is 0.865. The molecule has 1 atom stereocenters. The van der Waals surface area contributed by atoms with Gasteiger partial charge in [0, 0.05) is 18.7 Å². The summed E-state index contributed by atoms with van der Waals surface area (Å²) in [5.74, 6) is 0.866. The second kappa shape index (κ2) is 5.84. The van der Waals surface area contributed by atoms with Crippen LogP contribution in [0.1, 0.15) is 23.6 Å². The third kappa shape index (κ3) is 2.59. The number of aryl methyl sites for hydroxylation is 2. The summed E-state index contributed by atoms with van der Waals surface area (Å²) in [6.07, 6.45) is 0.230. The molecule has 0 fully saturated rings. The molecule has 1 unspecified atom stereocenters. The van der Waals surface area contributed by atoms with E-state index < -0.39 is 6.10 Å². The second-order valence-electron chi connectivity index (χ2n) is 5.79. The molecule has 0 aliphatic carbocycles. The number of likely N-dealkylation sites (N-methyl/N-ethyl adjacent to an activating group) is 1. The molecule has 3 heteroatoms. The maximum absolute atomic E-state index is 12.9. The van der Waals surface area contributed by atoms with Crippen molar-refractivity contribution >= 4 is 11.6 Å². The van der Waals surface area contributed by atoms with Gasteiger partial charge in [0.2, 0.25) is 0 Å². The van der Waals surface area contributed by atoms with Crippen LogP contribution >= 0.6 is 0 Å². The lowest BCUT2D eigenvalue weighted by Crippen LogP contribution is -2.41. The first kappa shape index (κ1) is 14.6. The Kier molecular flexibility index (Phi) is 3.88. The number of fused-ring (bicyclic) bond motifs is 1. The van der Waals surface area contributed by atoms with Crippen molar-refractivity contribution in [2.75, 3.05) is 11.4 Å². The largest absolute Gasteiger partial charge is 0.480 e. The van der Waals surface area contributed by atoms with Crippen LogP contribution in [-0.4, -0.2) is 18.6 Å². The fraction of sp³-hybridized carbons (Fsp3) is 0.316. The van der Waals surface area contributed by atoms with Crippen molar-refractivity contribution in [1.82, 2.24) is 0 Å². The van der Waals surface area contributed by atoms with E-state index in [4.69, 9.17) is 4.74 Å². The minimum atomic E-state index is -0.419. The maximum atomic E-state index is 12.9. The third-order valence-corrected chi connectivity index (χ3v) is 4.16. The first-order chi connectivity index (χ1) is 10.6. The molecule has 1 heterocycles. The van der Waals surface area contributed by atoms with E-state index in [1.54, 1.807) is 0 Å². The van der Waals surface area contributed by atoms with Gasteiger partial charge in [0.05, 0.1) is 0 Å². The zero-order chi connectivity index (χ0) is 15.7. The second-order valence-corrected chi connectivity index (χ2v) is 5.79. The van der Waals surface area contributed by atoms with Crippen molar-refractivity contribution in [3.8, 4) is 5.75 Å². The molecule has 0 aromatic heterocycles. The fourth-order valence-electron chi connectivity index (χ4n) is 2.95. The Hall–Kier alpha value is -2.29. The van der Waals surface area contributed by atoms with Crippen molar-refractivity contribution in [3.05, 3.63) is 59.2 Å². The normalized spacial score (nSPS) is 16.0. The average Bonchev–Trinajstić information content (AvgIpc) is 2.95. The van der Waals surface area contributed by atoms with E-state index in [0.717, 1.165) is 28.1 Å². The van der Waals surface area contributed by atoms with Gasteiger partial charge in [-0.2, -0.15) is 0 Å². The molecule has 3 nitrogen and oxygen atoms in total. The number of ether oxygens (including phenoxy) is 1. The smallest absolute Gasteiger partial charge is 0.268 e. The van der Waals surface area contributed by atoms with Gasteiger partial charge >= 0.3 is 0 Å². The summed E-state index contributed by atoms with van der Waals surface area (Å²) in [5, 5.41) is 0. The lowest BCUT2D eigenvalue weighted by atomic mass is 10.1. The van der Waals surface area contributed by atoms with Gasteiger partial charge < -0.3 is 9.64 Å². The first-order valence-electron chi connectivity index (χ1n) is 7.73. The molecule has 1 aliphatic rings. The highest BCUT2D eigenvalue weighted by Crippen LogP contribution is 2.30. The van der Waals surface area contributed by atoms with Crippen LogP contribution in [0.15, 0.2) is 42.5 Å². The minimum Gasteiger partial charge on any atom is -0.480 e. The summed E-state index contributed by atoms with van der Waals surface area (Å²) in [4.78, 5) is 14.7. The maximum Gasteiger partial charge on any atom is 0.268 e. The van der Waals surface area contributed by atoms with Gasteiger partial charge in [-0.05, 0) is 49.6 Å². The molecule has 114 valence electrons. The molecule has 0 saturated carbocycles. The highest BCUT2D eigenvalue weighted by molar-refractivity contribution is 5.98. The topological polar surface area (TPSA) is 29.5 Å². The molecule has 1 amide bonds. The van der Waals surface area contributed by atoms with Gasteiger partial charge in [0.25, 0.3) is 5.91 Å². The highest BCUT2D eigenvalue weighted by Gasteiger charge is 2.32. The van der Waals surface area contributed by atoms with E-state index in [2.05, 4.69) is 18.2 Å². The van der Waals surface area contributed by atoms with Gasteiger partial charge in [-0.3, -0.25) is 4.79 Å². The fourth-order valence-corrected chi connectivity index (χ4v) is 2.95. The van der Waals surface area contributed by atoms with Gasteiger partial charge in [-0.25, -0.2) is 0 Å². The van der Waals surface area contributed by atoms with Crippen LogP contribution in [0.25, 0.3) is 0 Å². The van der Waals surface area contributed by atoms with E-state index in [9.17, 15) is 4.79 Å². The van der Waals surface area contributed by atoms with Crippen LogP contribution in [0.2, 0.25) is 0 Å². The Morgan fingerprint density at radius 2 is 2.00 bits per heavy atom. The molecule has 0 bridgehead atoms. The van der Waals surface area contributed by atoms with Crippen LogP contribution < -0.4 is 9.64 Å². The molecule has 0 saturated heterocycles. The third-order valence-electron chi connectivity index (χ3n) is 4.16. The van der Waals surface area contributed by atoms with E-state index in [-0.39, 0.29) is 5.91 Å². The van der Waals surface area contributed by atoms with Crippen LogP contribution in [0.5, 0.6) is 5.75 Å². The molecule has 0 N–H and O–H groups in total. The minimum absolute atomic E-state index is 0.0346. The zero-order valence-electron chi connectivity index (χ0n) is 13.3. The van der Waals surface area contributed by atoms with Gasteiger partial charge in [0.15, 0.2) is 6.10 Å². The predicted octanol–water partition coefficient (Wildman–Crippen LogP) is 3.66. The van der Waals surface area contributed by atoms with E-state index in [0.29, 0.717) is 13.0 Å². The molecule has 0 spiro atoms. The Balaban J connectivity index is 1.86. The average molecular weight is 295 g/mol. The number of carbonyl (C=O) groups excluding carboxylic acids is 1. The molecule has 22 heavy (non-hydrogen) atoms. The van der Waals surface area contributed by atoms with Crippen molar-refractivity contribution in [2.45, 2.75) is 33.3 Å². The van der Waals surface area contributed by atoms with Crippen LogP contribution in [-0.2, 0) is 11.2 Å². The van der Waals surface area contributed by atoms with Crippen molar-refractivity contribution in [3.63, 3.8) is 0 Å². The van der Waals surface area contributed by atoms with E-state index in [1.807, 2.05) is 49.9 Å². The lowest BCUT2D eigenvalue weighted by Gasteiger charge is -2.26. The summed E-state index contributed by atoms with van der Waals surface area (Å²) in [6.45, 7) is 6.72. The summed E-state index contributed by atoms with van der Waals surface area (Å²) < 4.78 is 5.85. The Bertz CT molecular complexity index is 683. The molecular formula is C19H21NO2. The van der Waals surface area contributed by atoms with Gasteiger partial charge in [-0.1, -0.05) is 30.3 Å². The Labute approximate surface area is 131 Å². The number of nitrogens with zero attached hydrogens (tertiary/aromatic N) is 1. The first-order valence-corrected chi connectivity index (χ1v) is 7.73. The molecular weight excluding hydrogens is 274 g/mol. The van der Waals surface area contributed by atoms with Crippen LogP contribution in [0.3, 0.4) is 0 Å². The highest BCUT2D eigenvalue weighted by atomic mass is 16.5. The molecule has 3 rings (SSSR count). The lowest BCUT2D eigenvalue weighted by molar-refractivity contribution is -0.124. The van der Waals surface area contributed by atoms with Crippen molar-refractivity contribution in [1.29, 1.82) is 0 Å². The van der Waals surface area contributed by atoms with Crippen molar-refractivity contribution < 1.29 is 9.53 Å². The number of amides is 1. The number of rotatable bonds is 3. The van der Waals surface area contributed by atoms with E-state index >= 15 is 0 Å². The SMILES string of the molecule is CCN(C(=O)C1Cc2ccccc2O1)c1cc(C)ccc1C. The molecule has 2 aromatic carbocycles. The number of benzene rings is 2. The predicted molar refractivity (Wildman–Crippen MR) is 88.5 cm³/mol. The molecule has 2 aromatic rings. The van der Waals surface area contributed by atoms with Crippen LogP contribution in [0.4, 0.5) is 5.69 Å². The number of anilines is 1. The number of hydrogen-bond acceptors (Lipinski definition) is 2. The molecule has 1 aliphatic heterocycles. The van der Waals surface area contributed by atoms with Crippen molar-refractivity contribution in [2.24, 2.45) is 0 Å². The number of para-hydroxylation sites is 1. The Morgan fingerprint density at radius 3 is 2.73 bits per heavy atom. The van der Waals surface area contributed by atoms with E-state index in [1.165, 1.54) is 0 Å². The van der Waals surface area contributed by atoms with Gasteiger partial charge in [-0.15, -0.1) is 0 Å². The summed E-state index contributed by atoms with van der Waals surface area (Å²) in [5.41, 5.74) is 4.35. The monoisotopic (exact) mass is 295 g/mol.